The molecule has 1 heteroatoms. The fourth-order valence-electron chi connectivity index (χ4n) is 9.14. The van der Waals surface area contributed by atoms with E-state index < -0.39 is 0 Å². The molecule has 1 nitrogen and oxygen atoms in total. The highest BCUT2D eigenvalue weighted by molar-refractivity contribution is 6.06. The topological polar surface area (TPSA) is 9.23 Å². The van der Waals surface area contributed by atoms with E-state index in [1.54, 1.807) is 0 Å². The van der Waals surface area contributed by atoms with Gasteiger partial charge in [-0.3, -0.25) is 0 Å². The number of benzene rings is 9. The number of aryl methyl sites for hydroxylation is 1. The Bertz CT molecular complexity index is 2720. The molecule has 0 N–H and O–H groups in total. The van der Waals surface area contributed by atoms with E-state index in [1.807, 2.05) is 0 Å². The number of hydrogen-bond donors (Lipinski definition) is 0. The molecule has 9 aromatic rings. The standard InChI is InChI=1S/C65H56O/c1-3-4-5-24-45-66-65-59(49-37-41-57(42-38-49)63(55-33-20-10-21-34-55)61(51-25-12-6-13-26-51)52-27-14-7-15-28-52)46-48(2)47-60(65)50-39-43-58(44-40-50)64(56-35-22-11-23-36-56)62(53-29-16-8-17-30-53)54-31-18-9-19-32-54/h6-23,25-44,46-47H,3-5,24,45H2,1-2H3. The monoisotopic (exact) mass is 852 g/mol. The Morgan fingerprint density at radius 3 is 0.864 bits per heavy atom. The molecule has 322 valence electrons. The van der Waals surface area contributed by atoms with Crippen molar-refractivity contribution >= 4 is 22.3 Å². The highest BCUT2D eigenvalue weighted by Gasteiger charge is 2.21. The molecule has 0 fully saturated rings. The molecule has 9 rings (SSSR count). The Morgan fingerprint density at radius 2 is 0.591 bits per heavy atom. The van der Waals surface area contributed by atoms with Crippen molar-refractivity contribution in [3.8, 4) is 28.0 Å². The largest absolute Gasteiger partial charge is 0.492 e. The third-order valence-electron chi connectivity index (χ3n) is 12.3. The zero-order chi connectivity index (χ0) is 44.9. The van der Waals surface area contributed by atoms with Crippen LogP contribution in [0.1, 0.15) is 82.7 Å². The lowest BCUT2D eigenvalue weighted by Gasteiger charge is -2.21. The van der Waals surface area contributed by atoms with Crippen molar-refractivity contribution < 1.29 is 4.74 Å². The maximum absolute atomic E-state index is 6.96. The normalized spacial score (nSPS) is 10.9. The third-order valence-corrected chi connectivity index (χ3v) is 12.3. The maximum atomic E-state index is 6.96. The van der Waals surface area contributed by atoms with Crippen molar-refractivity contribution in [1.29, 1.82) is 0 Å². The molecule has 9 aromatic carbocycles. The van der Waals surface area contributed by atoms with Crippen molar-refractivity contribution in [2.45, 2.75) is 39.5 Å². The van der Waals surface area contributed by atoms with Gasteiger partial charge in [0.15, 0.2) is 0 Å². The van der Waals surface area contributed by atoms with Crippen molar-refractivity contribution in [1.82, 2.24) is 0 Å². The second-order valence-electron chi connectivity index (χ2n) is 16.9. The Balaban J connectivity index is 1.17. The van der Waals surface area contributed by atoms with E-state index in [1.165, 1.54) is 74.1 Å². The maximum Gasteiger partial charge on any atom is 0.134 e. The summed E-state index contributed by atoms with van der Waals surface area (Å²) in [5.74, 6) is 0.929. The molecule has 0 saturated heterocycles. The van der Waals surface area contributed by atoms with E-state index in [-0.39, 0.29) is 0 Å². The van der Waals surface area contributed by atoms with Gasteiger partial charge in [-0.15, -0.1) is 0 Å². The average Bonchev–Trinajstić information content (AvgIpc) is 3.39. The van der Waals surface area contributed by atoms with Gasteiger partial charge in [-0.05, 0) is 109 Å². The van der Waals surface area contributed by atoms with Crippen LogP contribution in [-0.2, 0) is 0 Å². The van der Waals surface area contributed by atoms with Crippen LogP contribution in [0.5, 0.6) is 5.75 Å². The summed E-state index contributed by atoms with van der Waals surface area (Å²) in [4.78, 5) is 0. The quantitative estimate of drug-likeness (QED) is 0.0695. The van der Waals surface area contributed by atoms with E-state index in [9.17, 15) is 0 Å². The Morgan fingerprint density at radius 1 is 0.318 bits per heavy atom. The fraction of sp³-hybridized carbons (Fsp3) is 0.108. The van der Waals surface area contributed by atoms with E-state index in [0.29, 0.717) is 6.61 Å². The fourth-order valence-corrected chi connectivity index (χ4v) is 9.14. The number of unbranched alkanes of at least 4 members (excludes halogenated alkanes) is 3. The smallest absolute Gasteiger partial charge is 0.134 e. The minimum absolute atomic E-state index is 0.663. The van der Waals surface area contributed by atoms with E-state index >= 15 is 0 Å². The van der Waals surface area contributed by atoms with Crippen LogP contribution in [0, 0.1) is 6.92 Å². The van der Waals surface area contributed by atoms with Crippen molar-refractivity contribution in [3.05, 3.63) is 293 Å². The lowest BCUT2D eigenvalue weighted by atomic mass is 9.85. The van der Waals surface area contributed by atoms with Crippen LogP contribution >= 0.6 is 0 Å². The predicted molar refractivity (Wildman–Crippen MR) is 280 cm³/mol. The average molecular weight is 853 g/mol. The second kappa shape index (κ2) is 21.3. The van der Waals surface area contributed by atoms with Crippen LogP contribution in [0.4, 0.5) is 0 Å². The van der Waals surface area contributed by atoms with Gasteiger partial charge < -0.3 is 4.74 Å². The predicted octanol–water partition coefficient (Wildman–Crippen LogP) is 17.3. The Kier molecular flexibility index (Phi) is 14.0. The summed E-state index contributed by atoms with van der Waals surface area (Å²) in [6.45, 7) is 5.12. The minimum atomic E-state index is 0.663. The van der Waals surface area contributed by atoms with Crippen LogP contribution in [-0.4, -0.2) is 6.61 Å². The summed E-state index contributed by atoms with van der Waals surface area (Å²) in [6.07, 6.45) is 4.55. The summed E-state index contributed by atoms with van der Waals surface area (Å²) < 4.78 is 6.96. The van der Waals surface area contributed by atoms with Crippen LogP contribution in [0.3, 0.4) is 0 Å². The van der Waals surface area contributed by atoms with Gasteiger partial charge in [0.1, 0.15) is 5.75 Å². The van der Waals surface area contributed by atoms with E-state index in [4.69, 9.17) is 4.74 Å². The van der Waals surface area contributed by atoms with Gasteiger partial charge in [0.05, 0.1) is 6.61 Å². The van der Waals surface area contributed by atoms with Gasteiger partial charge in [-0.25, -0.2) is 0 Å². The van der Waals surface area contributed by atoms with Crippen molar-refractivity contribution in [3.63, 3.8) is 0 Å². The summed E-state index contributed by atoms with van der Waals surface area (Å²) in [5.41, 5.74) is 19.9. The highest BCUT2D eigenvalue weighted by atomic mass is 16.5. The van der Waals surface area contributed by atoms with Crippen molar-refractivity contribution in [2.24, 2.45) is 0 Å². The number of rotatable bonds is 16. The molecular formula is C65H56O. The molecular weight excluding hydrogens is 797 g/mol. The second-order valence-corrected chi connectivity index (χ2v) is 16.9. The van der Waals surface area contributed by atoms with Gasteiger partial charge >= 0.3 is 0 Å². The molecule has 0 atom stereocenters. The third kappa shape index (κ3) is 9.97. The minimum Gasteiger partial charge on any atom is -0.492 e. The Labute approximate surface area is 392 Å². The van der Waals surface area contributed by atoms with Crippen LogP contribution < -0.4 is 4.74 Å². The number of hydrogen-bond acceptors (Lipinski definition) is 1. The summed E-state index contributed by atoms with van der Waals surface area (Å²) in [7, 11) is 0. The summed E-state index contributed by atoms with van der Waals surface area (Å²) in [6, 6.07) is 87.6. The molecule has 0 aliphatic heterocycles. The molecule has 0 aliphatic carbocycles. The summed E-state index contributed by atoms with van der Waals surface area (Å²) in [5, 5.41) is 0. The van der Waals surface area contributed by atoms with E-state index in [0.717, 1.165) is 52.0 Å². The highest BCUT2D eigenvalue weighted by Crippen LogP contribution is 2.44. The molecule has 0 radical (unpaired) electrons. The first-order valence-electron chi connectivity index (χ1n) is 23.5. The van der Waals surface area contributed by atoms with Gasteiger partial charge in [-0.1, -0.05) is 257 Å². The molecule has 0 heterocycles. The lowest BCUT2D eigenvalue weighted by Crippen LogP contribution is -2.02. The van der Waals surface area contributed by atoms with Gasteiger partial charge in [0.25, 0.3) is 0 Å². The zero-order valence-corrected chi connectivity index (χ0v) is 38.0. The van der Waals surface area contributed by atoms with Crippen LogP contribution in [0.25, 0.3) is 44.5 Å². The molecule has 0 saturated carbocycles. The van der Waals surface area contributed by atoms with Crippen molar-refractivity contribution in [2.75, 3.05) is 6.61 Å². The van der Waals surface area contributed by atoms with Crippen LogP contribution in [0.15, 0.2) is 243 Å². The molecule has 0 aliphatic rings. The van der Waals surface area contributed by atoms with Gasteiger partial charge in [-0.2, -0.15) is 0 Å². The lowest BCUT2D eigenvalue weighted by molar-refractivity contribution is 0.307. The molecule has 0 aromatic heterocycles. The first-order valence-corrected chi connectivity index (χ1v) is 23.5. The SMILES string of the molecule is CCCCCCOc1c(-c2ccc(C(=C(c3ccccc3)c3ccccc3)c3ccccc3)cc2)cc(C)cc1-c1ccc(C(=C(c2ccccc2)c2ccccc2)c2ccccc2)cc1. The molecule has 0 bridgehead atoms. The van der Waals surface area contributed by atoms with Crippen LogP contribution in [0.2, 0.25) is 0 Å². The molecule has 66 heavy (non-hydrogen) atoms. The van der Waals surface area contributed by atoms with Gasteiger partial charge in [0.2, 0.25) is 0 Å². The molecule has 0 spiro atoms. The molecule has 0 amide bonds. The first kappa shape index (κ1) is 43.5. The number of ether oxygens (including phenoxy) is 1. The van der Waals surface area contributed by atoms with E-state index in [2.05, 4.69) is 257 Å². The van der Waals surface area contributed by atoms with Gasteiger partial charge in [0, 0.05) is 11.1 Å². The Hall–Kier alpha value is -7.74. The first-order chi connectivity index (χ1) is 32.7. The molecule has 0 unspecified atom stereocenters. The summed E-state index contributed by atoms with van der Waals surface area (Å²) >= 11 is 0. The zero-order valence-electron chi connectivity index (χ0n) is 38.0.